The number of ether oxygens (including phenoxy) is 1. The molecule has 0 aliphatic heterocycles. The summed E-state index contributed by atoms with van der Waals surface area (Å²) in [6.45, 7) is 2.16. The maximum absolute atomic E-state index is 11.8. The number of hydrogen-bond acceptors (Lipinski definition) is 6. The third-order valence-corrected chi connectivity index (χ3v) is 3.93. The lowest BCUT2D eigenvalue weighted by molar-refractivity contribution is -0.145. The fourth-order valence-corrected chi connectivity index (χ4v) is 2.52. The minimum absolute atomic E-state index is 0.248. The van der Waals surface area contributed by atoms with E-state index in [0.29, 0.717) is 23.6 Å². The van der Waals surface area contributed by atoms with Gasteiger partial charge in [-0.1, -0.05) is 11.8 Å². The lowest BCUT2D eigenvalue weighted by atomic mass is 10.3. The molecule has 1 saturated carbocycles. The van der Waals surface area contributed by atoms with E-state index < -0.39 is 0 Å². The number of esters is 1. The van der Waals surface area contributed by atoms with Crippen molar-refractivity contribution in [2.75, 3.05) is 12.4 Å². The summed E-state index contributed by atoms with van der Waals surface area (Å²) in [5, 5.41) is 10.1. The van der Waals surface area contributed by atoms with Gasteiger partial charge in [-0.25, -0.2) is 9.89 Å². The second-order valence-electron chi connectivity index (χ2n) is 4.43. The molecule has 8 heteroatoms. The Morgan fingerprint density at radius 1 is 1.68 bits per heavy atom. The SMILES string of the molecule is CCOC(=O)C(CSc1n[nH]c(=O)n1C)NC1CC1. The Morgan fingerprint density at radius 2 is 2.42 bits per heavy atom. The number of carbonyl (C=O) groups is 1. The molecule has 0 bridgehead atoms. The molecule has 1 aliphatic carbocycles. The van der Waals surface area contributed by atoms with E-state index in [-0.39, 0.29) is 17.7 Å². The van der Waals surface area contributed by atoms with E-state index >= 15 is 0 Å². The van der Waals surface area contributed by atoms with Gasteiger partial charge in [0.2, 0.25) is 0 Å². The highest BCUT2D eigenvalue weighted by atomic mass is 32.2. The molecule has 1 atom stereocenters. The van der Waals surface area contributed by atoms with Crippen LogP contribution in [-0.4, -0.2) is 45.2 Å². The van der Waals surface area contributed by atoms with Gasteiger partial charge in [0.05, 0.1) is 6.61 Å². The van der Waals surface area contributed by atoms with Crippen molar-refractivity contribution in [3.8, 4) is 0 Å². The highest BCUT2D eigenvalue weighted by Gasteiger charge is 2.29. The summed E-state index contributed by atoms with van der Waals surface area (Å²) in [5.74, 6) is 0.246. The van der Waals surface area contributed by atoms with E-state index in [0.717, 1.165) is 12.8 Å². The predicted molar refractivity (Wildman–Crippen MR) is 71.1 cm³/mol. The summed E-state index contributed by atoms with van der Waals surface area (Å²) in [4.78, 5) is 23.1. The van der Waals surface area contributed by atoms with Gasteiger partial charge in [0.25, 0.3) is 0 Å². The molecule has 1 heterocycles. The van der Waals surface area contributed by atoms with Crippen LogP contribution in [-0.2, 0) is 16.6 Å². The molecule has 19 heavy (non-hydrogen) atoms. The molecule has 2 rings (SSSR count). The maximum atomic E-state index is 11.8. The van der Waals surface area contributed by atoms with E-state index in [1.807, 2.05) is 0 Å². The molecule has 1 fully saturated rings. The van der Waals surface area contributed by atoms with Crippen LogP contribution in [0.4, 0.5) is 0 Å². The van der Waals surface area contributed by atoms with E-state index in [1.54, 1.807) is 14.0 Å². The summed E-state index contributed by atoms with van der Waals surface area (Å²) in [7, 11) is 1.64. The fourth-order valence-electron chi connectivity index (χ4n) is 1.58. The number of thioether (sulfide) groups is 1. The second kappa shape index (κ2) is 6.25. The lowest BCUT2D eigenvalue weighted by Gasteiger charge is -2.16. The fraction of sp³-hybridized carbons (Fsp3) is 0.727. The van der Waals surface area contributed by atoms with Crippen molar-refractivity contribution < 1.29 is 9.53 Å². The maximum Gasteiger partial charge on any atom is 0.343 e. The molecule has 0 radical (unpaired) electrons. The van der Waals surface area contributed by atoms with Crippen molar-refractivity contribution in [1.29, 1.82) is 0 Å². The highest BCUT2D eigenvalue weighted by Crippen LogP contribution is 2.21. The molecule has 7 nitrogen and oxygen atoms in total. The number of nitrogens with one attached hydrogen (secondary N) is 2. The minimum atomic E-state index is -0.357. The average Bonchev–Trinajstić information content (AvgIpc) is 3.15. The molecule has 0 saturated heterocycles. The first-order valence-corrected chi connectivity index (χ1v) is 7.27. The van der Waals surface area contributed by atoms with Gasteiger partial charge in [0.15, 0.2) is 5.16 Å². The van der Waals surface area contributed by atoms with Gasteiger partial charge in [0.1, 0.15) is 6.04 Å². The molecule has 0 amide bonds. The van der Waals surface area contributed by atoms with Gasteiger partial charge in [0, 0.05) is 18.8 Å². The first kappa shape index (κ1) is 14.1. The number of nitrogens with zero attached hydrogens (tertiary/aromatic N) is 2. The number of rotatable bonds is 7. The first-order valence-electron chi connectivity index (χ1n) is 6.28. The summed E-state index contributed by atoms with van der Waals surface area (Å²) in [5.41, 5.74) is -0.259. The number of H-pyrrole nitrogens is 1. The van der Waals surface area contributed by atoms with Gasteiger partial charge < -0.3 is 10.1 Å². The summed E-state index contributed by atoms with van der Waals surface area (Å²) >= 11 is 1.36. The Hall–Kier alpha value is -1.28. The van der Waals surface area contributed by atoms with Crippen LogP contribution in [0.1, 0.15) is 19.8 Å². The molecule has 106 valence electrons. The second-order valence-corrected chi connectivity index (χ2v) is 5.41. The third-order valence-electron chi connectivity index (χ3n) is 2.80. The number of carbonyl (C=O) groups excluding carboxylic acids is 1. The topological polar surface area (TPSA) is 89.0 Å². The molecule has 0 spiro atoms. The number of aromatic amines is 1. The molecular weight excluding hydrogens is 268 g/mol. The van der Waals surface area contributed by atoms with E-state index in [4.69, 9.17) is 4.74 Å². The number of aromatic nitrogens is 3. The van der Waals surface area contributed by atoms with Crippen molar-refractivity contribution in [2.24, 2.45) is 7.05 Å². The van der Waals surface area contributed by atoms with Gasteiger partial charge >= 0.3 is 11.7 Å². The van der Waals surface area contributed by atoms with Gasteiger partial charge in [-0.05, 0) is 19.8 Å². The largest absolute Gasteiger partial charge is 0.465 e. The summed E-state index contributed by atoms with van der Waals surface area (Å²) < 4.78 is 6.47. The minimum Gasteiger partial charge on any atom is -0.465 e. The standard InChI is InChI=1S/C11H18N4O3S/c1-3-18-9(16)8(12-7-4-5-7)6-19-11-14-13-10(17)15(11)2/h7-8,12H,3-6H2,1-2H3,(H,13,17). The van der Waals surface area contributed by atoms with Crippen molar-refractivity contribution >= 4 is 17.7 Å². The smallest absolute Gasteiger partial charge is 0.343 e. The Labute approximate surface area is 115 Å². The van der Waals surface area contributed by atoms with Crippen LogP contribution < -0.4 is 11.0 Å². The van der Waals surface area contributed by atoms with Crippen LogP contribution in [0, 0.1) is 0 Å². The Kier molecular flexibility index (Phi) is 4.65. The molecule has 0 aromatic carbocycles. The van der Waals surface area contributed by atoms with E-state index in [2.05, 4.69) is 15.5 Å². The zero-order valence-electron chi connectivity index (χ0n) is 11.0. The highest BCUT2D eigenvalue weighted by molar-refractivity contribution is 7.99. The van der Waals surface area contributed by atoms with Crippen molar-refractivity contribution in [1.82, 2.24) is 20.1 Å². The summed E-state index contributed by atoms with van der Waals surface area (Å²) in [6, 6.07) is 0.0576. The molecule has 1 aliphatic rings. The van der Waals surface area contributed by atoms with Crippen molar-refractivity contribution in [3.05, 3.63) is 10.5 Å². The van der Waals surface area contributed by atoms with E-state index in [9.17, 15) is 9.59 Å². The van der Waals surface area contributed by atoms with Crippen LogP contribution in [0.25, 0.3) is 0 Å². The van der Waals surface area contributed by atoms with Gasteiger partial charge in [-0.15, -0.1) is 5.10 Å². The molecule has 1 aromatic rings. The van der Waals surface area contributed by atoms with E-state index in [1.165, 1.54) is 16.3 Å². The number of hydrogen-bond donors (Lipinski definition) is 2. The molecule has 1 aromatic heterocycles. The normalized spacial score (nSPS) is 16.3. The van der Waals surface area contributed by atoms with Crippen LogP contribution in [0.3, 0.4) is 0 Å². The zero-order valence-corrected chi connectivity index (χ0v) is 11.8. The average molecular weight is 286 g/mol. The van der Waals surface area contributed by atoms with Crippen LogP contribution in [0.15, 0.2) is 9.95 Å². The third kappa shape index (κ3) is 3.84. The molecule has 1 unspecified atom stereocenters. The zero-order chi connectivity index (χ0) is 13.8. The van der Waals surface area contributed by atoms with Crippen LogP contribution in [0.2, 0.25) is 0 Å². The quantitative estimate of drug-likeness (QED) is 0.537. The molecular formula is C11H18N4O3S. The van der Waals surface area contributed by atoms with Crippen molar-refractivity contribution in [3.63, 3.8) is 0 Å². The monoisotopic (exact) mass is 286 g/mol. The van der Waals surface area contributed by atoms with Crippen molar-refractivity contribution in [2.45, 2.75) is 37.0 Å². The van der Waals surface area contributed by atoms with Crippen LogP contribution >= 0.6 is 11.8 Å². The Bertz CT molecular complexity index is 494. The Balaban J connectivity index is 1.93. The predicted octanol–water partition coefficient (Wildman–Crippen LogP) is -0.116. The Morgan fingerprint density at radius 3 is 2.95 bits per heavy atom. The van der Waals surface area contributed by atoms with Gasteiger partial charge in [-0.3, -0.25) is 9.36 Å². The lowest BCUT2D eigenvalue weighted by Crippen LogP contribution is -2.41. The van der Waals surface area contributed by atoms with Gasteiger partial charge in [-0.2, -0.15) is 0 Å². The molecule has 2 N–H and O–H groups in total. The first-order chi connectivity index (χ1) is 9.11. The van der Waals surface area contributed by atoms with Crippen LogP contribution in [0.5, 0.6) is 0 Å². The summed E-state index contributed by atoms with van der Waals surface area (Å²) in [6.07, 6.45) is 2.20.